The van der Waals surface area contributed by atoms with Crippen molar-refractivity contribution in [2.45, 2.75) is 25.5 Å². The second kappa shape index (κ2) is 6.94. The molecule has 0 fully saturated rings. The highest BCUT2D eigenvalue weighted by Crippen LogP contribution is 2.26. The van der Waals surface area contributed by atoms with Gasteiger partial charge in [0.05, 0.1) is 13.2 Å². The monoisotopic (exact) mass is 340 g/mol. The maximum Gasteiger partial charge on any atom is 0.251 e. The van der Waals surface area contributed by atoms with E-state index in [1.165, 1.54) is 23.3 Å². The van der Waals surface area contributed by atoms with Crippen LogP contribution in [0.4, 0.5) is 4.39 Å². The first-order valence-electron chi connectivity index (χ1n) is 8.68. The molecule has 2 aliphatic heterocycles. The lowest BCUT2D eigenvalue weighted by molar-refractivity contribution is 0.0843. The number of rotatable bonds is 3. The zero-order valence-electron chi connectivity index (χ0n) is 14.0. The van der Waals surface area contributed by atoms with Crippen LogP contribution in [0.3, 0.4) is 0 Å². The number of fused-ring (bicyclic) bond motifs is 2. The molecule has 5 heteroatoms. The van der Waals surface area contributed by atoms with E-state index in [1.807, 2.05) is 12.1 Å². The Kier molecular flexibility index (Phi) is 4.51. The average molecular weight is 340 g/mol. The third kappa shape index (κ3) is 3.30. The molecule has 0 aromatic heterocycles. The van der Waals surface area contributed by atoms with E-state index in [9.17, 15) is 9.18 Å². The Morgan fingerprint density at radius 1 is 1.28 bits per heavy atom. The Bertz CT molecular complexity index is 806. The molecule has 0 saturated heterocycles. The van der Waals surface area contributed by atoms with Crippen molar-refractivity contribution >= 4 is 5.91 Å². The summed E-state index contributed by atoms with van der Waals surface area (Å²) < 4.78 is 19.5. The first kappa shape index (κ1) is 16.2. The summed E-state index contributed by atoms with van der Waals surface area (Å²) in [6, 6.07) is 11.0. The molecule has 4 nitrogen and oxygen atoms in total. The summed E-state index contributed by atoms with van der Waals surface area (Å²) >= 11 is 0. The molecule has 1 amide bonds. The number of carbonyl (C=O) groups is 1. The Labute approximate surface area is 146 Å². The molecular weight excluding hydrogens is 319 g/mol. The van der Waals surface area contributed by atoms with Crippen LogP contribution in [0.25, 0.3) is 0 Å². The van der Waals surface area contributed by atoms with Crippen LogP contribution in [0.5, 0.6) is 0 Å². The van der Waals surface area contributed by atoms with E-state index >= 15 is 0 Å². The summed E-state index contributed by atoms with van der Waals surface area (Å²) in [5.74, 6) is -0.448. The van der Waals surface area contributed by atoms with Crippen molar-refractivity contribution in [1.29, 1.82) is 0 Å². The van der Waals surface area contributed by atoms with Crippen LogP contribution in [0, 0.1) is 5.82 Å². The fraction of sp³-hybridized carbons (Fsp3) is 0.350. The van der Waals surface area contributed by atoms with Gasteiger partial charge >= 0.3 is 0 Å². The SMILES string of the molecule is O=C(NCC1COCc2ccccc21)c1cc(F)cc2c1CNCC2. The van der Waals surface area contributed by atoms with Crippen LogP contribution >= 0.6 is 0 Å². The highest BCUT2D eigenvalue weighted by molar-refractivity contribution is 5.96. The summed E-state index contributed by atoms with van der Waals surface area (Å²) in [6.45, 7) is 3.10. The highest BCUT2D eigenvalue weighted by Gasteiger charge is 2.23. The van der Waals surface area contributed by atoms with Gasteiger partial charge in [-0.3, -0.25) is 4.79 Å². The number of ether oxygens (including phenoxy) is 1. The molecule has 2 aromatic rings. The maximum absolute atomic E-state index is 13.9. The van der Waals surface area contributed by atoms with E-state index in [1.54, 1.807) is 0 Å². The number of amides is 1. The number of hydrogen-bond donors (Lipinski definition) is 2. The molecule has 2 heterocycles. The third-order valence-electron chi connectivity index (χ3n) is 5.01. The molecule has 2 aromatic carbocycles. The predicted molar refractivity (Wildman–Crippen MR) is 93.0 cm³/mol. The largest absolute Gasteiger partial charge is 0.376 e. The number of benzene rings is 2. The Morgan fingerprint density at radius 2 is 2.16 bits per heavy atom. The maximum atomic E-state index is 13.9. The van der Waals surface area contributed by atoms with Crippen molar-refractivity contribution in [3.8, 4) is 0 Å². The van der Waals surface area contributed by atoms with Gasteiger partial charge in [0.15, 0.2) is 0 Å². The van der Waals surface area contributed by atoms with Crippen molar-refractivity contribution in [1.82, 2.24) is 10.6 Å². The minimum atomic E-state index is -0.350. The average Bonchev–Trinajstić information content (AvgIpc) is 2.65. The van der Waals surface area contributed by atoms with Gasteiger partial charge in [0.2, 0.25) is 0 Å². The molecule has 25 heavy (non-hydrogen) atoms. The Morgan fingerprint density at radius 3 is 3.08 bits per heavy atom. The fourth-order valence-electron chi connectivity index (χ4n) is 3.71. The predicted octanol–water partition coefficient (Wildman–Crippen LogP) is 2.52. The Hall–Kier alpha value is -2.24. The molecular formula is C20H21FN2O2. The van der Waals surface area contributed by atoms with Crippen molar-refractivity contribution in [2.24, 2.45) is 0 Å². The zero-order chi connectivity index (χ0) is 17.2. The summed E-state index contributed by atoms with van der Waals surface area (Å²) in [6.07, 6.45) is 0.747. The van der Waals surface area contributed by atoms with E-state index in [2.05, 4.69) is 22.8 Å². The lowest BCUT2D eigenvalue weighted by Gasteiger charge is -2.26. The second-order valence-corrected chi connectivity index (χ2v) is 6.64. The summed E-state index contributed by atoms with van der Waals surface area (Å²) in [5.41, 5.74) is 4.66. The number of hydrogen-bond acceptors (Lipinski definition) is 3. The van der Waals surface area contributed by atoms with Crippen LogP contribution in [-0.2, 0) is 24.3 Å². The molecule has 0 spiro atoms. The van der Waals surface area contributed by atoms with Crippen LogP contribution in [0.2, 0.25) is 0 Å². The van der Waals surface area contributed by atoms with Crippen LogP contribution in [0.1, 0.15) is 38.5 Å². The molecule has 130 valence electrons. The lowest BCUT2D eigenvalue weighted by Crippen LogP contribution is -2.34. The minimum Gasteiger partial charge on any atom is -0.376 e. The molecule has 1 atom stereocenters. The number of nitrogens with one attached hydrogen (secondary N) is 2. The highest BCUT2D eigenvalue weighted by atomic mass is 19.1. The standard InChI is InChI=1S/C20H21FN2O2/c21-16-7-13-5-6-22-10-19(13)18(8-16)20(24)23-9-15-12-25-11-14-3-1-2-4-17(14)15/h1-4,7-8,15,22H,5-6,9-12H2,(H,23,24). The number of carbonyl (C=O) groups excluding carboxylic acids is 1. The molecule has 1 unspecified atom stereocenters. The molecule has 0 saturated carbocycles. The van der Waals surface area contributed by atoms with E-state index < -0.39 is 0 Å². The van der Waals surface area contributed by atoms with Gasteiger partial charge < -0.3 is 15.4 Å². The quantitative estimate of drug-likeness (QED) is 0.903. The second-order valence-electron chi connectivity index (χ2n) is 6.64. The lowest BCUT2D eigenvalue weighted by atomic mass is 9.92. The van der Waals surface area contributed by atoms with Gasteiger partial charge in [-0.25, -0.2) is 4.39 Å². The number of halogens is 1. The summed E-state index contributed by atoms with van der Waals surface area (Å²) in [7, 11) is 0. The van der Waals surface area contributed by atoms with Gasteiger partial charge in [-0.05, 0) is 47.4 Å². The van der Waals surface area contributed by atoms with E-state index in [4.69, 9.17) is 4.74 Å². The van der Waals surface area contributed by atoms with Crippen molar-refractivity contribution in [3.05, 3.63) is 70.0 Å². The van der Waals surface area contributed by atoms with Gasteiger partial charge in [0.25, 0.3) is 5.91 Å². The fourth-order valence-corrected chi connectivity index (χ4v) is 3.71. The van der Waals surface area contributed by atoms with Crippen molar-refractivity contribution in [3.63, 3.8) is 0 Å². The van der Waals surface area contributed by atoms with Gasteiger partial charge in [0, 0.05) is 24.6 Å². The van der Waals surface area contributed by atoms with E-state index in [-0.39, 0.29) is 17.6 Å². The van der Waals surface area contributed by atoms with Crippen LogP contribution in [0.15, 0.2) is 36.4 Å². The molecule has 0 radical (unpaired) electrons. The minimum absolute atomic E-state index is 0.122. The van der Waals surface area contributed by atoms with Gasteiger partial charge in [-0.1, -0.05) is 24.3 Å². The van der Waals surface area contributed by atoms with Crippen molar-refractivity contribution in [2.75, 3.05) is 19.7 Å². The van der Waals surface area contributed by atoms with Gasteiger partial charge in [-0.15, -0.1) is 0 Å². The molecule has 0 aliphatic carbocycles. The first-order chi connectivity index (χ1) is 12.2. The molecule has 2 aliphatic rings. The van der Waals surface area contributed by atoms with Gasteiger partial charge in [-0.2, -0.15) is 0 Å². The summed E-state index contributed by atoms with van der Waals surface area (Å²) in [5, 5.41) is 6.23. The topological polar surface area (TPSA) is 50.4 Å². The zero-order valence-corrected chi connectivity index (χ0v) is 14.0. The van der Waals surface area contributed by atoms with Crippen molar-refractivity contribution < 1.29 is 13.9 Å². The van der Waals surface area contributed by atoms with Crippen LogP contribution in [-0.4, -0.2) is 25.6 Å². The van der Waals surface area contributed by atoms with E-state index in [0.29, 0.717) is 31.9 Å². The molecule has 4 rings (SSSR count). The third-order valence-corrected chi connectivity index (χ3v) is 5.01. The van der Waals surface area contributed by atoms with E-state index in [0.717, 1.165) is 24.1 Å². The van der Waals surface area contributed by atoms with Gasteiger partial charge in [0.1, 0.15) is 5.82 Å². The first-order valence-corrected chi connectivity index (χ1v) is 8.68. The molecule has 2 N–H and O–H groups in total. The van der Waals surface area contributed by atoms with Crippen LogP contribution < -0.4 is 10.6 Å². The summed E-state index contributed by atoms with van der Waals surface area (Å²) in [4.78, 5) is 12.7. The smallest absolute Gasteiger partial charge is 0.251 e. The Balaban J connectivity index is 1.51. The molecule has 0 bridgehead atoms. The normalized spacial score (nSPS) is 19.0.